The van der Waals surface area contributed by atoms with E-state index in [-0.39, 0.29) is 41.5 Å². The Labute approximate surface area is 264 Å². The van der Waals surface area contributed by atoms with Crippen LogP contribution in [-0.2, 0) is 28.9 Å². The highest BCUT2D eigenvalue weighted by molar-refractivity contribution is 6.00. The molecule has 2 aromatic carbocycles. The lowest BCUT2D eigenvalue weighted by molar-refractivity contribution is -0.129. The van der Waals surface area contributed by atoms with Crippen molar-refractivity contribution in [2.24, 2.45) is 17.8 Å². The first kappa shape index (κ1) is 38.5. The number of fused-ring (bicyclic) bond motifs is 1. The van der Waals surface area contributed by atoms with E-state index in [0.29, 0.717) is 6.42 Å². The van der Waals surface area contributed by atoms with Gasteiger partial charge in [-0.1, -0.05) is 116 Å². The van der Waals surface area contributed by atoms with Crippen LogP contribution in [0.15, 0.2) is 42.5 Å². The van der Waals surface area contributed by atoms with Gasteiger partial charge >= 0.3 is 0 Å². The predicted octanol–water partition coefficient (Wildman–Crippen LogP) is 10.9. The second-order valence-corrected chi connectivity index (χ2v) is 12.3. The molecular formula is C40H62O3. The predicted molar refractivity (Wildman–Crippen MR) is 184 cm³/mol. The molecule has 0 amide bonds. The monoisotopic (exact) mass is 590 g/mol. The maximum atomic E-state index is 13.4. The summed E-state index contributed by atoms with van der Waals surface area (Å²) in [5, 5.41) is 0. The summed E-state index contributed by atoms with van der Waals surface area (Å²) in [4.78, 5) is 37.9. The fourth-order valence-electron chi connectivity index (χ4n) is 6.68. The van der Waals surface area contributed by atoms with Crippen LogP contribution in [0.3, 0.4) is 0 Å². The molecule has 3 heteroatoms. The molecule has 1 aliphatic rings. The molecule has 3 atom stereocenters. The van der Waals surface area contributed by atoms with Crippen LogP contribution in [0, 0.1) is 24.7 Å². The maximum absolute atomic E-state index is 13.4. The molecule has 0 N–H and O–H groups in total. The van der Waals surface area contributed by atoms with Crippen molar-refractivity contribution in [3.05, 3.63) is 70.3 Å². The van der Waals surface area contributed by atoms with Crippen molar-refractivity contribution in [1.82, 2.24) is 0 Å². The highest BCUT2D eigenvalue weighted by Gasteiger charge is 2.33. The average molecular weight is 591 g/mol. The molecule has 3 rings (SSSR count). The number of hydrogen-bond donors (Lipinski definition) is 0. The highest BCUT2D eigenvalue weighted by Crippen LogP contribution is 2.38. The fourth-order valence-corrected chi connectivity index (χ4v) is 6.68. The van der Waals surface area contributed by atoms with Crippen molar-refractivity contribution in [1.29, 1.82) is 0 Å². The van der Waals surface area contributed by atoms with Crippen LogP contribution in [0.4, 0.5) is 0 Å². The van der Waals surface area contributed by atoms with Crippen molar-refractivity contribution in [3.8, 4) is 0 Å². The summed E-state index contributed by atoms with van der Waals surface area (Å²) in [6, 6.07) is 15.1. The van der Waals surface area contributed by atoms with Crippen molar-refractivity contribution in [3.63, 3.8) is 0 Å². The first-order valence-electron chi connectivity index (χ1n) is 17.5. The van der Waals surface area contributed by atoms with E-state index < -0.39 is 0 Å². The molecule has 43 heavy (non-hydrogen) atoms. The minimum atomic E-state index is -0.0804. The summed E-state index contributed by atoms with van der Waals surface area (Å²) in [5.74, 6) is 0.752. The van der Waals surface area contributed by atoms with Crippen LogP contribution in [0.2, 0.25) is 0 Å². The summed E-state index contributed by atoms with van der Waals surface area (Å²) in [6.45, 7) is 16.0. The largest absolute Gasteiger partial charge is 0.300 e. The SMILES string of the molecule is CC.CCC.CCCC(CC1CC(=O)c2c(C)ccc(CCCCCCc3ccccc3)c2C1)C(CC)C(=O)CC(C)=O. The van der Waals surface area contributed by atoms with Crippen molar-refractivity contribution < 1.29 is 14.4 Å². The Morgan fingerprint density at radius 1 is 0.860 bits per heavy atom. The standard InChI is InChI=1S/C35H48O3.C3H8.C2H6/c1-5-14-30(31(6-2)33(37)21-26(4)36)22-28-23-32-29(20-19-25(3)35(32)34(38)24-28)18-13-8-7-10-15-27-16-11-9-12-17-27;1-3-2;1-2/h9,11-12,16-17,19-20,28,30-31H,5-8,10,13-15,18,21-24H2,1-4H3;3H2,1-2H3;1-2H3. The Morgan fingerprint density at radius 3 is 2.07 bits per heavy atom. The first-order valence-corrected chi connectivity index (χ1v) is 17.5. The summed E-state index contributed by atoms with van der Waals surface area (Å²) >= 11 is 0. The molecule has 3 unspecified atom stereocenters. The molecule has 0 aromatic heterocycles. The number of Topliss-reactive ketones (excluding diaryl/α,β-unsaturated/α-hetero) is 3. The fraction of sp³-hybridized carbons (Fsp3) is 0.625. The molecule has 1 aliphatic carbocycles. The van der Waals surface area contributed by atoms with Crippen LogP contribution in [-0.4, -0.2) is 17.3 Å². The Bertz CT molecular complexity index is 1080. The third kappa shape index (κ3) is 13.3. The van der Waals surface area contributed by atoms with Crippen LogP contribution in [0.5, 0.6) is 0 Å². The van der Waals surface area contributed by atoms with Gasteiger partial charge < -0.3 is 0 Å². The van der Waals surface area contributed by atoms with Gasteiger partial charge in [-0.25, -0.2) is 0 Å². The minimum Gasteiger partial charge on any atom is -0.300 e. The van der Waals surface area contributed by atoms with Gasteiger partial charge in [-0.2, -0.15) is 0 Å². The van der Waals surface area contributed by atoms with E-state index in [4.69, 9.17) is 0 Å². The number of unbranched alkanes of at least 4 members (excludes halogenated alkanes) is 3. The highest BCUT2D eigenvalue weighted by atomic mass is 16.1. The van der Waals surface area contributed by atoms with E-state index in [1.807, 2.05) is 13.8 Å². The molecular weight excluding hydrogens is 528 g/mol. The third-order valence-corrected chi connectivity index (χ3v) is 8.51. The Kier molecular flexibility index (Phi) is 19.7. The second kappa shape index (κ2) is 22.0. The molecule has 0 bridgehead atoms. The first-order chi connectivity index (χ1) is 20.7. The smallest absolute Gasteiger partial charge is 0.163 e. The van der Waals surface area contributed by atoms with Gasteiger partial charge in [-0.05, 0) is 92.9 Å². The molecule has 240 valence electrons. The quantitative estimate of drug-likeness (QED) is 0.144. The maximum Gasteiger partial charge on any atom is 0.163 e. The van der Waals surface area contributed by atoms with Crippen molar-refractivity contribution in [2.45, 2.75) is 145 Å². The number of rotatable bonds is 16. The summed E-state index contributed by atoms with van der Waals surface area (Å²) < 4.78 is 0. The van der Waals surface area contributed by atoms with Gasteiger partial charge in [0.2, 0.25) is 0 Å². The number of benzene rings is 2. The molecule has 0 aliphatic heterocycles. The number of carbonyl (C=O) groups excluding carboxylic acids is 3. The topological polar surface area (TPSA) is 51.2 Å². The van der Waals surface area contributed by atoms with E-state index in [1.165, 1.54) is 49.3 Å². The summed E-state index contributed by atoms with van der Waals surface area (Å²) in [7, 11) is 0. The third-order valence-electron chi connectivity index (χ3n) is 8.51. The lowest BCUT2D eigenvalue weighted by Crippen LogP contribution is -2.30. The van der Waals surface area contributed by atoms with E-state index in [2.05, 4.69) is 77.1 Å². The Morgan fingerprint density at radius 2 is 1.49 bits per heavy atom. The van der Waals surface area contributed by atoms with E-state index in [1.54, 1.807) is 0 Å². The molecule has 0 heterocycles. The molecule has 0 spiro atoms. The van der Waals surface area contributed by atoms with Gasteiger partial charge in [-0.3, -0.25) is 14.4 Å². The zero-order chi connectivity index (χ0) is 32.2. The number of hydrogen-bond acceptors (Lipinski definition) is 3. The van der Waals surface area contributed by atoms with Gasteiger partial charge in [0, 0.05) is 17.9 Å². The molecule has 0 fully saturated rings. The van der Waals surface area contributed by atoms with Gasteiger partial charge in [-0.15, -0.1) is 0 Å². The summed E-state index contributed by atoms with van der Waals surface area (Å²) in [5.41, 5.74) is 6.10. The molecule has 0 radical (unpaired) electrons. The number of aryl methyl sites for hydroxylation is 3. The molecule has 0 saturated heterocycles. The normalized spacial score (nSPS) is 15.3. The minimum absolute atomic E-state index is 0.0415. The molecule has 3 nitrogen and oxygen atoms in total. The Hall–Kier alpha value is -2.55. The number of carbonyl (C=O) groups is 3. The van der Waals surface area contributed by atoms with Gasteiger partial charge in [0.15, 0.2) is 5.78 Å². The number of ketones is 3. The molecule has 2 aromatic rings. The zero-order valence-electron chi connectivity index (χ0n) is 28.9. The van der Waals surface area contributed by atoms with Gasteiger partial charge in [0.05, 0.1) is 6.42 Å². The van der Waals surface area contributed by atoms with E-state index in [9.17, 15) is 14.4 Å². The molecule has 0 saturated carbocycles. The van der Waals surface area contributed by atoms with Gasteiger partial charge in [0.1, 0.15) is 11.6 Å². The Balaban J connectivity index is 0.00000174. The van der Waals surface area contributed by atoms with Crippen LogP contribution in [0.1, 0.15) is 152 Å². The summed E-state index contributed by atoms with van der Waals surface area (Å²) in [6.07, 6.45) is 13.4. The lowest BCUT2D eigenvalue weighted by atomic mass is 9.71. The van der Waals surface area contributed by atoms with Crippen molar-refractivity contribution >= 4 is 17.3 Å². The van der Waals surface area contributed by atoms with Crippen molar-refractivity contribution in [2.75, 3.05) is 0 Å². The van der Waals surface area contributed by atoms with E-state index in [0.717, 1.165) is 62.5 Å². The van der Waals surface area contributed by atoms with Crippen LogP contribution >= 0.6 is 0 Å². The van der Waals surface area contributed by atoms with Crippen LogP contribution < -0.4 is 0 Å². The lowest BCUT2D eigenvalue weighted by Gasteiger charge is -2.32. The van der Waals surface area contributed by atoms with Gasteiger partial charge in [0.25, 0.3) is 0 Å². The zero-order valence-corrected chi connectivity index (χ0v) is 28.9. The van der Waals surface area contributed by atoms with E-state index >= 15 is 0 Å². The second-order valence-electron chi connectivity index (χ2n) is 12.3. The van der Waals surface area contributed by atoms with Crippen LogP contribution in [0.25, 0.3) is 0 Å². The average Bonchev–Trinajstić information content (AvgIpc) is 2.98.